The van der Waals surface area contributed by atoms with Crippen LogP contribution in [0.25, 0.3) is 0 Å². The van der Waals surface area contributed by atoms with E-state index in [-0.39, 0.29) is 5.60 Å². The first-order chi connectivity index (χ1) is 9.05. The summed E-state index contributed by atoms with van der Waals surface area (Å²) in [6.07, 6.45) is 1.07. The van der Waals surface area contributed by atoms with Crippen molar-refractivity contribution in [3.8, 4) is 5.75 Å². The van der Waals surface area contributed by atoms with Crippen molar-refractivity contribution in [1.29, 1.82) is 0 Å². The fraction of sp³-hybridized carbons (Fsp3) is 0.625. The Hall–Kier alpha value is -1.06. The predicted octanol–water partition coefficient (Wildman–Crippen LogP) is 2.50. The van der Waals surface area contributed by atoms with Crippen molar-refractivity contribution in [1.82, 2.24) is 10.2 Å². The lowest BCUT2D eigenvalue weighted by Crippen LogP contribution is -2.48. The van der Waals surface area contributed by atoms with Crippen LogP contribution in [0.2, 0.25) is 0 Å². The van der Waals surface area contributed by atoms with E-state index in [0.29, 0.717) is 6.04 Å². The highest BCUT2D eigenvalue weighted by molar-refractivity contribution is 5.41. The van der Waals surface area contributed by atoms with E-state index in [0.717, 1.165) is 38.3 Å². The van der Waals surface area contributed by atoms with Gasteiger partial charge in [0.15, 0.2) is 0 Å². The molecule has 0 saturated carbocycles. The molecule has 1 unspecified atom stereocenters. The number of hydrogen-bond acceptors (Lipinski definition) is 3. The molecule has 2 aliphatic rings. The Morgan fingerprint density at radius 2 is 2.00 bits per heavy atom. The SMILES string of the molecule is Cc1ccc2c(c1)C(N1CCNCC1)CC(C)(C)O2. The minimum absolute atomic E-state index is 0.0716. The first kappa shape index (κ1) is 12.9. The summed E-state index contributed by atoms with van der Waals surface area (Å²) in [5.74, 6) is 1.07. The van der Waals surface area contributed by atoms with Crippen LogP contribution in [0.15, 0.2) is 18.2 Å². The molecule has 0 radical (unpaired) electrons. The van der Waals surface area contributed by atoms with Gasteiger partial charge in [-0.1, -0.05) is 17.7 Å². The number of hydrogen-bond donors (Lipinski definition) is 1. The molecular weight excluding hydrogens is 236 g/mol. The smallest absolute Gasteiger partial charge is 0.124 e. The highest BCUT2D eigenvalue weighted by Crippen LogP contribution is 2.42. The molecule has 0 aliphatic carbocycles. The summed E-state index contributed by atoms with van der Waals surface area (Å²) in [4.78, 5) is 2.61. The zero-order chi connectivity index (χ0) is 13.5. The Kier molecular flexibility index (Phi) is 3.27. The predicted molar refractivity (Wildman–Crippen MR) is 77.7 cm³/mol. The standard InChI is InChI=1S/C16H24N2O/c1-12-4-5-15-13(10-12)14(11-16(2,3)19-15)18-8-6-17-7-9-18/h4-5,10,14,17H,6-9,11H2,1-3H3. The van der Waals surface area contributed by atoms with Gasteiger partial charge in [-0.15, -0.1) is 0 Å². The summed E-state index contributed by atoms with van der Waals surface area (Å²) in [6.45, 7) is 11.0. The second-order valence-corrected chi connectivity index (χ2v) is 6.41. The van der Waals surface area contributed by atoms with E-state index in [9.17, 15) is 0 Å². The monoisotopic (exact) mass is 260 g/mol. The van der Waals surface area contributed by atoms with Crippen molar-refractivity contribution in [3.05, 3.63) is 29.3 Å². The van der Waals surface area contributed by atoms with Crippen LogP contribution in [0.1, 0.15) is 37.4 Å². The molecule has 3 nitrogen and oxygen atoms in total. The maximum absolute atomic E-state index is 6.15. The van der Waals surface area contributed by atoms with Crippen molar-refractivity contribution < 1.29 is 4.74 Å². The van der Waals surface area contributed by atoms with Crippen molar-refractivity contribution in [3.63, 3.8) is 0 Å². The Labute approximate surface area is 115 Å². The molecule has 1 aromatic rings. The number of nitrogens with zero attached hydrogens (tertiary/aromatic N) is 1. The third-order valence-electron chi connectivity index (χ3n) is 4.19. The summed E-state index contributed by atoms with van der Waals surface area (Å²) in [5.41, 5.74) is 2.63. The van der Waals surface area contributed by atoms with Crippen molar-refractivity contribution in [2.24, 2.45) is 0 Å². The van der Waals surface area contributed by atoms with E-state index in [1.54, 1.807) is 0 Å². The molecule has 19 heavy (non-hydrogen) atoms. The number of nitrogens with one attached hydrogen (secondary N) is 1. The minimum atomic E-state index is -0.0716. The van der Waals surface area contributed by atoms with E-state index in [1.807, 2.05) is 0 Å². The second-order valence-electron chi connectivity index (χ2n) is 6.41. The molecule has 104 valence electrons. The number of fused-ring (bicyclic) bond motifs is 1. The van der Waals surface area contributed by atoms with Crippen molar-refractivity contribution >= 4 is 0 Å². The largest absolute Gasteiger partial charge is 0.487 e. The first-order valence-electron chi connectivity index (χ1n) is 7.29. The first-order valence-corrected chi connectivity index (χ1v) is 7.29. The van der Waals surface area contributed by atoms with Crippen LogP contribution in [0, 0.1) is 6.92 Å². The Bertz CT molecular complexity index is 464. The number of aryl methyl sites for hydroxylation is 1. The lowest BCUT2D eigenvalue weighted by atomic mass is 9.87. The molecule has 0 spiro atoms. The van der Waals surface area contributed by atoms with Crippen molar-refractivity contribution in [2.75, 3.05) is 26.2 Å². The van der Waals surface area contributed by atoms with Crippen LogP contribution >= 0.6 is 0 Å². The van der Waals surface area contributed by atoms with E-state index < -0.39 is 0 Å². The Morgan fingerprint density at radius 3 is 2.74 bits per heavy atom. The Balaban J connectivity index is 1.96. The molecule has 0 aromatic heterocycles. The molecule has 1 fully saturated rings. The van der Waals surface area contributed by atoms with E-state index in [4.69, 9.17) is 4.74 Å². The molecule has 1 atom stereocenters. The van der Waals surface area contributed by atoms with Gasteiger partial charge in [-0.05, 0) is 26.8 Å². The molecule has 2 heterocycles. The number of benzene rings is 1. The van der Waals surface area contributed by atoms with Crippen LogP contribution in [-0.4, -0.2) is 36.7 Å². The number of ether oxygens (including phenoxy) is 1. The van der Waals surface area contributed by atoms with Gasteiger partial charge < -0.3 is 10.1 Å². The van der Waals surface area contributed by atoms with Gasteiger partial charge in [0.2, 0.25) is 0 Å². The molecule has 1 saturated heterocycles. The lowest BCUT2D eigenvalue weighted by molar-refractivity contribution is 0.0259. The van der Waals surface area contributed by atoms with Crippen LogP contribution < -0.4 is 10.1 Å². The minimum Gasteiger partial charge on any atom is -0.487 e. The average molecular weight is 260 g/mol. The van der Waals surface area contributed by atoms with Gasteiger partial charge in [0.05, 0.1) is 0 Å². The maximum atomic E-state index is 6.15. The van der Waals surface area contributed by atoms with Gasteiger partial charge in [-0.2, -0.15) is 0 Å². The molecule has 3 rings (SSSR count). The summed E-state index contributed by atoms with van der Waals surface area (Å²) in [5, 5.41) is 3.44. The fourth-order valence-corrected chi connectivity index (χ4v) is 3.26. The maximum Gasteiger partial charge on any atom is 0.124 e. The zero-order valence-corrected chi connectivity index (χ0v) is 12.2. The summed E-state index contributed by atoms with van der Waals surface area (Å²) < 4.78 is 6.15. The summed E-state index contributed by atoms with van der Waals surface area (Å²) in [7, 11) is 0. The third kappa shape index (κ3) is 2.63. The van der Waals surface area contributed by atoms with Gasteiger partial charge >= 0.3 is 0 Å². The van der Waals surface area contributed by atoms with Gasteiger partial charge in [0.25, 0.3) is 0 Å². The number of rotatable bonds is 1. The highest BCUT2D eigenvalue weighted by Gasteiger charge is 2.36. The van der Waals surface area contributed by atoms with E-state index >= 15 is 0 Å². The molecule has 1 N–H and O–H groups in total. The Morgan fingerprint density at radius 1 is 1.26 bits per heavy atom. The van der Waals surface area contributed by atoms with Crippen molar-refractivity contribution in [2.45, 2.75) is 38.8 Å². The summed E-state index contributed by atoms with van der Waals surface area (Å²) in [6, 6.07) is 7.09. The molecule has 0 amide bonds. The second kappa shape index (κ2) is 4.80. The summed E-state index contributed by atoms with van der Waals surface area (Å²) >= 11 is 0. The lowest BCUT2D eigenvalue weighted by Gasteiger charge is -2.44. The van der Waals surface area contributed by atoms with Crippen LogP contribution in [0.5, 0.6) is 5.75 Å². The van der Waals surface area contributed by atoms with E-state index in [2.05, 4.69) is 49.2 Å². The molecular formula is C16H24N2O. The normalized spacial score (nSPS) is 26.6. The number of piperazine rings is 1. The van der Waals surface area contributed by atoms with Gasteiger partial charge in [0.1, 0.15) is 11.4 Å². The quantitative estimate of drug-likeness (QED) is 0.839. The van der Waals surface area contributed by atoms with Gasteiger partial charge in [-0.25, -0.2) is 0 Å². The fourth-order valence-electron chi connectivity index (χ4n) is 3.26. The van der Waals surface area contributed by atoms with Gasteiger partial charge in [0, 0.05) is 44.2 Å². The molecule has 1 aromatic carbocycles. The van der Waals surface area contributed by atoms with E-state index in [1.165, 1.54) is 11.1 Å². The average Bonchev–Trinajstić information content (AvgIpc) is 2.39. The topological polar surface area (TPSA) is 24.5 Å². The highest BCUT2D eigenvalue weighted by atomic mass is 16.5. The van der Waals surface area contributed by atoms with Crippen LogP contribution in [0.3, 0.4) is 0 Å². The van der Waals surface area contributed by atoms with Crippen LogP contribution in [-0.2, 0) is 0 Å². The third-order valence-corrected chi connectivity index (χ3v) is 4.19. The zero-order valence-electron chi connectivity index (χ0n) is 12.2. The molecule has 2 aliphatic heterocycles. The van der Waals surface area contributed by atoms with Crippen LogP contribution in [0.4, 0.5) is 0 Å². The van der Waals surface area contributed by atoms with Gasteiger partial charge in [-0.3, -0.25) is 4.90 Å². The molecule has 0 bridgehead atoms. The molecule has 3 heteroatoms.